The van der Waals surface area contributed by atoms with Gasteiger partial charge in [0, 0.05) is 50.2 Å². The van der Waals surface area contributed by atoms with Crippen LogP contribution in [-0.4, -0.2) is 90.7 Å². The van der Waals surface area contributed by atoms with Gasteiger partial charge in [-0.15, -0.1) is 0 Å². The summed E-state index contributed by atoms with van der Waals surface area (Å²) in [5.74, 6) is 0.688. The first kappa shape index (κ1) is 19.1. The van der Waals surface area contributed by atoms with Crippen LogP contribution in [-0.2, 0) is 4.74 Å². The van der Waals surface area contributed by atoms with Gasteiger partial charge in [-0.05, 0) is 44.4 Å². The number of piperidine rings is 1. The molecule has 29 heavy (non-hydrogen) atoms. The van der Waals surface area contributed by atoms with Crippen LogP contribution < -0.4 is 0 Å². The van der Waals surface area contributed by atoms with Crippen molar-refractivity contribution in [1.82, 2.24) is 19.7 Å². The summed E-state index contributed by atoms with van der Waals surface area (Å²) in [7, 11) is 2.20. The van der Waals surface area contributed by atoms with Crippen LogP contribution in [0.25, 0.3) is 10.9 Å². The summed E-state index contributed by atoms with van der Waals surface area (Å²) in [6.07, 6.45) is 3.17. The molecular weight excluding hydrogens is 364 g/mol. The minimum atomic E-state index is -0.142. The number of amides is 1. The molecule has 0 aliphatic carbocycles. The number of ether oxygens (including phenoxy) is 1. The van der Waals surface area contributed by atoms with Gasteiger partial charge in [0.1, 0.15) is 5.69 Å². The second kappa shape index (κ2) is 7.74. The van der Waals surface area contributed by atoms with E-state index in [1.807, 2.05) is 35.2 Å². The van der Waals surface area contributed by atoms with Crippen molar-refractivity contribution in [3.63, 3.8) is 0 Å². The third kappa shape index (κ3) is 3.93. The number of nitrogens with zero attached hydrogens (tertiary/aromatic N) is 3. The van der Waals surface area contributed by atoms with E-state index in [9.17, 15) is 4.79 Å². The van der Waals surface area contributed by atoms with Crippen LogP contribution in [0.4, 0.5) is 0 Å². The maximum Gasteiger partial charge on any atom is 0.270 e. The van der Waals surface area contributed by atoms with Crippen LogP contribution in [0.1, 0.15) is 29.8 Å². The molecule has 1 aromatic heterocycles. The number of likely N-dealkylation sites (tertiary alicyclic amines) is 1. The van der Waals surface area contributed by atoms with Crippen molar-refractivity contribution in [1.29, 1.82) is 0 Å². The summed E-state index contributed by atoms with van der Waals surface area (Å²) in [4.78, 5) is 23.5. The minimum absolute atomic E-state index is 0.103. The van der Waals surface area contributed by atoms with Gasteiger partial charge in [-0.2, -0.15) is 0 Å². The molecule has 0 unspecified atom stereocenters. The highest BCUT2D eigenvalue weighted by atomic mass is 16.5. The Bertz CT molecular complexity index is 840. The Labute approximate surface area is 172 Å². The molecule has 3 fully saturated rings. The molecule has 1 spiro atoms. The van der Waals surface area contributed by atoms with E-state index in [1.165, 1.54) is 0 Å². The van der Waals surface area contributed by atoms with Crippen LogP contribution in [0.5, 0.6) is 0 Å². The van der Waals surface area contributed by atoms with Crippen LogP contribution in [0, 0.1) is 5.92 Å². The topological polar surface area (TPSA) is 51.8 Å². The summed E-state index contributed by atoms with van der Waals surface area (Å²) in [6, 6.07) is 10.0. The number of carbonyl (C=O) groups excluding carboxylic acids is 1. The van der Waals surface area contributed by atoms with Crippen LogP contribution in [0.15, 0.2) is 30.3 Å². The van der Waals surface area contributed by atoms with Crippen LogP contribution >= 0.6 is 0 Å². The number of para-hydroxylation sites is 1. The van der Waals surface area contributed by atoms with Gasteiger partial charge in [0.2, 0.25) is 0 Å². The molecule has 1 N–H and O–H groups in total. The number of carbonyl (C=O) groups is 1. The monoisotopic (exact) mass is 396 g/mol. The van der Waals surface area contributed by atoms with Gasteiger partial charge in [0.05, 0.1) is 18.8 Å². The maximum atomic E-state index is 13.2. The second-order valence-electron chi connectivity index (χ2n) is 9.27. The van der Waals surface area contributed by atoms with E-state index in [-0.39, 0.29) is 11.5 Å². The Balaban J connectivity index is 1.22. The molecule has 156 valence electrons. The van der Waals surface area contributed by atoms with Gasteiger partial charge in [-0.3, -0.25) is 4.79 Å². The molecule has 3 saturated heterocycles. The third-order valence-electron chi connectivity index (χ3n) is 6.99. The number of fused-ring (bicyclic) bond motifs is 1. The number of piperazine rings is 1. The van der Waals surface area contributed by atoms with E-state index >= 15 is 0 Å². The molecule has 1 aromatic carbocycles. The third-order valence-corrected chi connectivity index (χ3v) is 6.99. The zero-order valence-corrected chi connectivity index (χ0v) is 17.4. The zero-order valence-electron chi connectivity index (χ0n) is 17.4. The molecule has 2 atom stereocenters. The summed E-state index contributed by atoms with van der Waals surface area (Å²) in [6.45, 7) is 8.14. The smallest absolute Gasteiger partial charge is 0.270 e. The van der Waals surface area contributed by atoms with Crippen molar-refractivity contribution in [3.05, 3.63) is 36.0 Å². The molecule has 6 nitrogen and oxygen atoms in total. The highest BCUT2D eigenvalue weighted by Crippen LogP contribution is 2.38. The summed E-state index contributed by atoms with van der Waals surface area (Å²) >= 11 is 0. The number of aromatic nitrogens is 1. The van der Waals surface area contributed by atoms with Crippen LogP contribution in [0.2, 0.25) is 0 Å². The van der Waals surface area contributed by atoms with Crippen molar-refractivity contribution >= 4 is 16.8 Å². The normalized spacial score (nSPS) is 29.1. The van der Waals surface area contributed by atoms with Gasteiger partial charge in [0.15, 0.2) is 0 Å². The molecule has 3 aliphatic heterocycles. The van der Waals surface area contributed by atoms with E-state index in [2.05, 4.69) is 21.8 Å². The summed E-state index contributed by atoms with van der Waals surface area (Å²) in [5.41, 5.74) is 1.57. The number of likely N-dealkylation sites (N-methyl/N-ethyl adjacent to an activating group) is 1. The number of rotatable bonds is 3. The first-order valence-corrected chi connectivity index (χ1v) is 11.0. The molecule has 1 amide bonds. The van der Waals surface area contributed by atoms with Crippen molar-refractivity contribution < 1.29 is 9.53 Å². The summed E-state index contributed by atoms with van der Waals surface area (Å²) in [5, 5.41) is 1.09. The van der Waals surface area contributed by atoms with E-state index in [0.29, 0.717) is 11.6 Å². The van der Waals surface area contributed by atoms with E-state index in [1.54, 1.807) is 0 Å². The van der Waals surface area contributed by atoms with E-state index in [4.69, 9.17) is 4.74 Å². The van der Waals surface area contributed by atoms with E-state index in [0.717, 1.165) is 82.6 Å². The molecule has 4 heterocycles. The number of H-pyrrole nitrogens is 1. The largest absolute Gasteiger partial charge is 0.373 e. The average molecular weight is 397 g/mol. The first-order chi connectivity index (χ1) is 14.1. The Morgan fingerprint density at radius 1 is 1.21 bits per heavy atom. The number of aromatic amines is 1. The second-order valence-corrected chi connectivity index (χ2v) is 9.27. The fraction of sp³-hybridized carbons (Fsp3) is 0.609. The molecule has 6 heteroatoms. The lowest BCUT2D eigenvalue weighted by Gasteiger charge is -2.40. The molecule has 0 bridgehead atoms. The first-order valence-electron chi connectivity index (χ1n) is 11.0. The Morgan fingerprint density at radius 2 is 2.03 bits per heavy atom. The van der Waals surface area contributed by atoms with Gasteiger partial charge in [0.25, 0.3) is 5.91 Å². The van der Waals surface area contributed by atoms with Crippen molar-refractivity contribution in [2.24, 2.45) is 5.92 Å². The minimum Gasteiger partial charge on any atom is -0.373 e. The standard InChI is InChI=1S/C23H32N4O2/c1-25-9-11-26(12-10-25)15-18-14-23(29-16-18)7-4-8-27(17-23)22(28)21-13-19-5-2-3-6-20(19)24-21/h2-3,5-6,13,18,24H,4,7-12,14-17H2,1H3/t18-,23-/m1/s1. The highest BCUT2D eigenvalue weighted by molar-refractivity contribution is 5.98. The van der Waals surface area contributed by atoms with E-state index < -0.39 is 0 Å². The molecule has 5 rings (SSSR count). The summed E-state index contributed by atoms with van der Waals surface area (Å²) < 4.78 is 6.39. The van der Waals surface area contributed by atoms with Crippen LogP contribution in [0.3, 0.4) is 0 Å². The van der Waals surface area contributed by atoms with Gasteiger partial charge in [-0.25, -0.2) is 0 Å². The average Bonchev–Trinajstić information content (AvgIpc) is 3.33. The van der Waals surface area contributed by atoms with Crippen molar-refractivity contribution in [2.75, 3.05) is 59.5 Å². The number of hydrogen-bond acceptors (Lipinski definition) is 4. The molecule has 3 aliphatic rings. The van der Waals surface area contributed by atoms with Gasteiger partial charge in [-0.1, -0.05) is 18.2 Å². The van der Waals surface area contributed by atoms with Gasteiger partial charge < -0.3 is 24.4 Å². The molecule has 0 radical (unpaired) electrons. The van der Waals surface area contributed by atoms with Crippen molar-refractivity contribution in [2.45, 2.75) is 24.9 Å². The maximum absolute atomic E-state index is 13.2. The quantitative estimate of drug-likeness (QED) is 0.866. The number of benzene rings is 1. The fourth-order valence-electron chi connectivity index (χ4n) is 5.37. The highest BCUT2D eigenvalue weighted by Gasteiger charge is 2.45. The zero-order chi connectivity index (χ0) is 19.8. The predicted octanol–water partition coefficient (Wildman–Crippen LogP) is 2.43. The molecule has 0 saturated carbocycles. The number of nitrogens with one attached hydrogen (secondary N) is 1. The van der Waals surface area contributed by atoms with Crippen molar-refractivity contribution in [3.8, 4) is 0 Å². The lowest BCUT2D eigenvalue weighted by molar-refractivity contribution is -0.0451. The lowest BCUT2D eigenvalue weighted by Crippen LogP contribution is -2.50. The Morgan fingerprint density at radius 3 is 2.86 bits per heavy atom. The fourth-order valence-corrected chi connectivity index (χ4v) is 5.37. The predicted molar refractivity (Wildman–Crippen MR) is 114 cm³/mol. The Kier molecular flexibility index (Phi) is 5.10. The number of hydrogen-bond donors (Lipinski definition) is 1. The molecule has 2 aromatic rings. The lowest BCUT2D eigenvalue weighted by atomic mass is 9.86. The van der Waals surface area contributed by atoms with Gasteiger partial charge >= 0.3 is 0 Å². The Hall–Kier alpha value is -1.89. The molecular formula is C23H32N4O2. The SMILES string of the molecule is CN1CCN(C[C@@H]2CO[C@]3(CCCN(C(=O)c4cc5ccccc5[nH]4)C3)C2)CC1.